The maximum absolute atomic E-state index is 12.9. The summed E-state index contributed by atoms with van der Waals surface area (Å²) in [6, 6.07) is 6.31. The van der Waals surface area contributed by atoms with Crippen molar-refractivity contribution >= 4 is 0 Å². The zero-order valence-corrected chi connectivity index (χ0v) is 7.12. The van der Waals surface area contributed by atoms with Crippen LogP contribution in [0.3, 0.4) is 0 Å². The van der Waals surface area contributed by atoms with Crippen LogP contribution in [-0.2, 0) is 0 Å². The molecule has 0 unspecified atom stereocenters. The summed E-state index contributed by atoms with van der Waals surface area (Å²) in [6.45, 7) is 1.91. The molecule has 0 saturated heterocycles. The Morgan fingerprint density at radius 2 is 2.15 bits per heavy atom. The molecule has 0 atom stereocenters. The van der Waals surface area contributed by atoms with Crippen LogP contribution >= 0.6 is 0 Å². The number of hydrogen-bond acceptors (Lipinski definition) is 2. The molecule has 0 saturated carbocycles. The van der Waals surface area contributed by atoms with Crippen molar-refractivity contribution in [1.82, 2.24) is 5.16 Å². The summed E-state index contributed by atoms with van der Waals surface area (Å²) < 4.78 is 17.6. The van der Waals surface area contributed by atoms with Crippen LogP contribution in [0.5, 0.6) is 0 Å². The largest absolute Gasteiger partial charge is 0.364 e. The molecular formula is C10H8FNO. The van der Waals surface area contributed by atoms with E-state index in [4.69, 9.17) is 4.52 Å². The normalized spacial score (nSPS) is 10.3. The Bertz CT molecular complexity index is 409. The Labute approximate surface area is 75.0 Å². The van der Waals surface area contributed by atoms with Gasteiger partial charge in [0.25, 0.3) is 0 Å². The summed E-state index contributed by atoms with van der Waals surface area (Å²) in [7, 11) is 0. The van der Waals surface area contributed by atoms with E-state index in [-0.39, 0.29) is 5.82 Å². The third kappa shape index (κ3) is 1.45. The topological polar surface area (TPSA) is 26.0 Å². The molecule has 0 N–H and O–H groups in total. The molecule has 0 aliphatic rings. The molecule has 66 valence electrons. The minimum atomic E-state index is -0.261. The molecule has 0 fully saturated rings. The lowest BCUT2D eigenvalue weighted by Gasteiger charge is -2.00. The summed E-state index contributed by atoms with van der Waals surface area (Å²) in [5.74, 6) is -0.261. The van der Waals surface area contributed by atoms with Gasteiger partial charge in [-0.1, -0.05) is 11.2 Å². The third-order valence-electron chi connectivity index (χ3n) is 1.91. The molecule has 2 rings (SSSR count). The van der Waals surface area contributed by atoms with Gasteiger partial charge in [0.05, 0.1) is 0 Å². The molecule has 1 aromatic carbocycles. The van der Waals surface area contributed by atoms with Gasteiger partial charge in [0, 0.05) is 11.6 Å². The van der Waals surface area contributed by atoms with E-state index in [9.17, 15) is 4.39 Å². The number of hydrogen-bond donors (Lipinski definition) is 0. The van der Waals surface area contributed by atoms with Gasteiger partial charge in [0.2, 0.25) is 0 Å². The van der Waals surface area contributed by atoms with Crippen molar-refractivity contribution in [3.05, 3.63) is 41.9 Å². The second kappa shape index (κ2) is 3.01. The standard InChI is InChI=1S/C10H8FNO/c1-7-2-3-8(11)6-9(7)10-4-5-13-12-10/h2-6H,1H3. The molecule has 13 heavy (non-hydrogen) atoms. The van der Waals surface area contributed by atoms with Gasteiger partial charge in [-0.05, 0) is 24.6 Å². The lowest BCUT2D eigenvalue weighted by Crippen LogP contribution is -1.84. The zero-order valence-electron chi connectivity index (χ0n) is 7.12. The minimum Gasteiger partial charge on any atom is -0.364 e. The van der Waals surface area contributed by atoms with Crippen LogP contribution < -0.4 is 0 Å². The van der Waals surface area contributed by atoms with Gasteiger partial charge in [-0.3, -0.25) is 0 Å². The predicted molar refractivity (Wildman–Crippen MR) is 46.6 cm³/mol. The van der Waals surface area contributed by atoms with E-state index in [1.54, 1.807) is 12.1 Å². The Kier molecular flexibility index (Phi) is 1.85. The van der Waals surface area contributed by atoms with Crippen LogP contribution in [-0.4, -0.2) is 5.16 Å². The number of rotatable bonds is 1. The van der Waals surface area contributed by atoms with Gasteiger partial charge >= 0.3 is 0 Å². The van der Waals surface area contributed by atoms with Gasteiger partial charge in [-0.2, -0.15) is 0 Å². The van der Waals surface area contributed by atoms with E-state index in [1.807, 2.05) is 6.92 Å². The molecule has 0 aliphatic carbocycles. The molecule has 0 spiro atoms. The number of aromatic nitrogens is 1. The van der Waals surface area contributed by atoms with E-state index in [2.05, 4.69) is 5.16 Å². The minimum absolute atomic E-state index is 0.261. The average molecular weight is 177 g/mol. The lowest BCUT2D eigenvalue weighted by molar-refractivity contribution is 0.422. The Morgan fingerprint density at radius 3 is 2.85 bits per heavy atom. The van der Waals surface area contributed by atoms with Crippen molar-refractivity contribution in [3.8, 4) is 11.3 Å². The fourth-order valence-corrected chi connectivity index (χ4v) is 1.22. The van der Waals surface area contributed by atoms with E-state index < -0.39 is 0 Å². The molecule has 2 aromatic rings. The summed E-state index contributed by atoms with van der Waals surface area (Å²) in [4.78, 5) is 0. The highest BCUT2D eigenvalue weighted by atomic mass is 19.1. The molecule has 1 heterocycles. The quantitative estimate of drug-likeness (QED) is 0.669. The number of halogens is 1. The van der Waals surface area contributed by atoms with E-state index in [1.165, 1.54) is 18.4 Å². The number of aryl methyl sites for hydroxylation is 1. The molecule has 0 bridgehead atoms. The average Bonchev–Trinajstić information content (AvgIpc) is 2.61. The zero-order chi connectivity index (χ0) is 9.26. The molecule has 0 amide bonds. The monoisotopic (exact) mass is 177 g/mol. The van der Waals surface area contributed by atoms with Gasteiger partial charge in [-0.25, -0.2) is 4.39 Å². The van der Waals surface area contributed by atoms with Gasteiger partial charge in [0.15, 0.2) is 0 Å². The Hall–Kier alpha value is -1.64. The summed E-state index contributed by atoms with van der Waals surface area (Å²) in [6.07, 6.45) is 1.47. The van der Waals surface area contributed by atoms with Crippen molar-refractivity contribution in [3.63, 3.8) is 0 Å². The molecular weight excluding hydrogens is 169 g/mol. The van der Waals surface area contributed by atoms with Crippen LogP contribution in [0.1, 0.15) is 5.56 Å². The van der Waals surface area contributed by atoms with Crippen LogP contribution in [0.2, 0.25) is 0 Å². The van der Waals surface area contributed by atoms with Crippen molar-refractivity contribution < 1.29 is 8.91 Å². The van der Waals surface area contributed by atoms with Crippen LogP contribution in [0.25, 0.3) is 11.3 Å². The predicted octanol–water partition coefficient (Wildman–Crippen LogP) is 2.79. The first-order valence-electron chi connectivity index (χ1n) is 3.94. The SMILES string of the molecule is Cc1ccc(F)cc1-c1ccon1. The summed E-state index contributed by atoms with van der Waals surface area (Å²) in [5, 5.41) is 3.75. The van der Waals surface area contributed by atoms with Crippen LogP contribution in [0, 0.1) is 12.7 Å². The van der Waals surface area contributed by atoms with Crippen molar-refractivity contribution in [1.29, 1.82) is 0 Å². The van der Waals surface area contributed by atoms with Crippen LogP contribution in [0.4, 0.5) is 4.39 Å². The second-order valence-corrected chi connectivity index (χ2v) is 2.84. The Balaban J connectivity index is 2.57. The smallest absolute Gasteiger partial charge is 0.124 e. The fourth-order valence-electron chi connectivity index (χ4n) is 1.22. The van der Waals surface area contributed by atoms with E-state index in [0.717, 1.165) is 11.1 Å². The highest BCUT2D eigenvalue weighted by Gasteiger charge is 2.05. The molecule has 1 aromatic heterocycles. The Morgan fingerprint density at radius 1 is 1.31 bits per heavy atom. The maximum atomic E-state index is 12.9. The number of benzene rings is 1. The lowest BCUT2D eigenvalue weighted by atomic mass is 10.1. The first kappa shape index (κ1) is 7.98. The molecule has 0 radical (unpaired) electrons. The second-order valence-electron chi connectivity index (χ2n) is 2.84. The molecule has 0 aliphatic heterocycles. The van der Waals surface area contributed by atoms with E-state index in [0.29, 0.717) is 5.69 Å². The maximum Gasteiger partial charge on any atom is 0.124 e. The van der Waals surface area contributed by atoms with Crippen molar-refractivity contribution in [2.45, 2.75) is 6.92 Å². The summed E-state index contributed by atoms with van der Waals surface area (Å²) in [5.41, 5.74) is 2.42. The molecule has 2 nitrogen and oxygen atoms in total. The van der Waals surface area contributed by atoms with Gasteiger partial charge in [0.1, 0.15) is 17.8 Å². The van der Waals surface area contributed by atoms with Crippen LogP contribution in [0.15, 0.2) is 35.1 Å². The van der Waals surface area contributed by atoms with E-state index >= 15 is 0 Å². The number of nitrogens with zero attached hydrogens (tertiary/aromatic N) is 1. The highest BCUT2D eigenvalue weighted by molar-refractivity contribution is 5.62. The highest BCUT2D eigenvalue weighted by Crippen LogP contribution is 2.21. The van der Waals surface area contributed by atoms with Crippen molar-refractivity contribution in [2.75, 3.05) is 0 Å². The first-order chi connectivity index (χ1) is 6.27. The summed E-state index contributed by atoms with van der Waals surface area (Å²) >= 11 is 0. The van der Waals surface area contributed by atoms with Gasteiger partial charge < -0.3 is 4.52 Å². The molecule has 3 heteroatoms. The van der Waals surface area contributed by atoms with Gasteiger partial charge in [-0.15, -0.1) is 0 Å². The first-order valence-corrected chi connectivity index (χ1v) is 3.94. The van der Waals surface area contributed by atoms with Crippen molar-refractivity contribution in [2.24, 2.45) is 0 Å². The fraction of sp³-hybridized carbons (Fsp3) is 0.100. The third-order valence-corrected chi connectivity index (χ3v) is 1.91.